The van der Waals surface area contributed by atoms with E-state index in [0.717, 1.165) is 5.56 Å². The van der Waals surface area contributed by atoms with Crippen molar-refractivity contribution in [1.82, 2.24) is 9.55 Å². The Morgan fingerprint density at radius 1 is 1.06 bits per heavy atom. The van der Waals surface area contributed by atoms with Gasteiger partial charge in [0.1, 0.15) is 23.0 Å². The molecule has 0 aliphatic rings. The Morgan fingerprint density at radius 3 is 2.52 bits per heavy atom. The van der Waals surface area contributed by atoms with Crippen LogP contribution < -0.4 is 26.9 Å². The second-order valence-electron chi connectivity index (χ2n) is 7.22. The molecule has 4 rings (SSSR count). The fraction of sp³-hybridized carbons (Fsp3) is 0.0870. The normalized spacial score (nSPS) is 11.8. The standard InChI is InChI=1S/C23H21N5O5/c24-20-18(19(29)14-6-8-15(33-26)9-7-14)17-5-2-10-27-22(17)28(20)12-13-3-1-4-16(11-13)32-21(25)23(30)31/h1-11,21H,12,24-26H2,(H,30,31)/t21-/m0/s1. The predicted octanol–water partition coefficient (Wildman–Crippen LogP) is 1.90. The lowest BCUT2D eigenvalue weighted by Crippen LogP contribution is -2.35. The minimum atomic E-state index is -1.49. The molecule has 0 unspecified atom stereocenters. The molecule has 0 saturated heterocycles. The molecule has 0 bridgehead atoms. The van der Waals surface area contributed by atoms with Crippen molar-refractivity contribution >= 4 is 28.6 Å². The van der Waals surface area contributed by atoms with E-state index in [9.17, 15) is 9.59 Å². The molecule has 33 heavy (non-hydrogen) atoms. The van der Waals surface area contributed by atoms with Crippen molar-refractivity contribution in [3.63, 3.8) is 0 Å². The zero-order valence-corrected chi connectivity index (χ0v) is 17.3. The van der Waals surface area contributed by atoms with Gasteiger partial charge < -0.3 is 25.0 Å². The van der Waals surface area contributed by atoms with Crippen LogP contribution in [0.25, 0.3) is 11.0 Å². The quantitative estimate of drug-likeness (QED) is 0.179. The zero-order valence-electron chi connectivity index (χ0n) is 17.3. The molecule has 0 spiro atoms. The Bertz CT molecular complexity index is 1330. The smallest absolute Gasteiger partial charge is 0.360 e. The first-order valence-corrected chi connectivity index (χ1v) is 9.87. The maximum absolute atomic E-state index is 13.3. The van der Waals surface area contributed by atoms with Crippen molar-refractivity contribution in [3.8, 4) is 11.5 Å². The summed E-state index contributed by atoms with van der Waals surface area (Å²) < 4.78 is 6.96. The summed E-state index contributed by atoms with van der Waals surface area (Å²) in [6, 6.07) is 16.7. The number of carboxylic acids is 1. The molecule has 168 valence electrons. The van der Waals surface area contributed by atoms with Crippen molar-refractivity contribution in [3.05, 3.63) is 83.6 Å². The molecule has 0 saturated carbocycles. The van der Waals surface area contributed by atoms with Gasteiger partial charge in [-0.1, -0.05) is 12.1 Å². The highest BCUT2D eigenvalue weighted by molar-refractivity contribution is 6.19. The Morgan fingerprint density at radius 2 is 1.82 bits per heavy atom. The lowest BCUT2D eigenvalue weighted by Gasteiger charge is -2.12. The summed E-state index contributed by atoms with van der Waals surface area (Å²) >= 11 is 0. The fourth-order valence-corrected chi connectivity index (χ4v) is 3.52. The molecular weight excluding hydrogens is 426 g/mol. The molecular formula is C23H21N5O5. The molecule has 2 aromatic carbocycles. The van der Waals surface area contributed by atoms with E-state index in [-0.39, 0.29) is 18.1 Å². The second kappa shape index (κ2) is 8.99. The van der Waals surface area contributed by atoms with Crippen molar-refractivity contribution < 1.29 is 24.3 Å². The van der Waals surface area contributed by atoms with Crippen molar-refractivity contribution in [2.75, 3.05) is 5.73 Å². The summed E-state index contributed by atoms with van der Waals surface area (Å²) in [6.45, 7) is 0.270. The number of nitrogen functional groups attached to an aromatic ring is 1. The number of aromatic nitrogens is 2. The summed E-state index contributed by atoms with van der Waals surface area (Å²) in [5.41, 5.74) is 13.9. The van der Waals surface area contributed by atoms with Crippen LogP contribution in [0.15, 0.2) is 66.9 Å². The summed E-state index contributed by atoms with van der Waals surface area (Å²) in [5, 5.41) is 9.57. The molecule has 4 aromatic rings. The highest BCUT2D eigenvalue weighted by atomic mass is 16.6. The van der Waals surface area contributed by atoms with Crippen LogP contribution in [-0.2, 0) is 11.3 Å². The minimum absolute atomic E-state index is 0.251. The van der Waals surface area contributed by atoms with E-state index in [2.05, 4.69) is 9.82 Å². The first-order valence-electron chi connectivity index (χ1n) is 9.87. The number of ether oxygens (including phenoxy) is 1. The number of carboxylic acid groups (broad SMARTS) is 1. The average molecular weight is 447 g/mol. The van der Waals surface area contributed by atoms with Gasteiger partial charge in [0.2, 0.25) is 6.23 Å². The summed E-state index contributed by atoms with van der Waals surface area (Å²) in [6.07, 6.45) is 0.130. The topological polar surface area (TPSA) is 169 Å². The largest absolute Gasteiger partial charge is 0.477 e. The molecule has 7 N–H and O–H groups in total. The first kappa shape index (κ1) is 21.8. The van der Waals surface area contributed by atoms with Crippen LogP contribution in [0.2, 0.25) is 0 Å². The molecule has 0 radical (unpaired) electrons. The van der Waals surface area contributed by atoms with E-state index in [4.69, 9.17) is 27.2 Å². The van der Waals surface area contributed by atoms with Crippen LogP contribution in [0.4, 0.5) is 5.82 Å². The number of rotatable bonds is 8. The SMILES string of the molecule is NOc1ccc(C(=O)c2c(N)n(Cc3cccc(O[C@H](N)C(=O)O)c3)c3ncccc23)cc1. The van der Waals surface area contributed by atoms with Crippen molar-refractivity contribution in [2.45, 2.75) is 12.8 Å². The number of carbonyl (C=O) groups is 2. The number of hydrogen-bond acceptors (Lipinski definition) is 8. The van der Waals surface area contributed by atoms with E-state index >= 15 is 0 Å². The second-order valence-corrected chi connectivity index (χ2v) is 7.22. The van der Waals surface area contributed by atoms with Gasteiger partial charge in [0.05, 0.1) is 12.1 Å². The van der Waals surface area contributed by atoms with Crippen LogP contribution >= 0.6 is 0 Å². The molecule has 2 heterocycles. The molecule has 0 fully saturated rings. The van der Waals surface area contributed by atoms with Gasteiger partial charge in [-0.2, -0.15) is 5.90 Å². The predicted molar refractivity (Wildman–Crippen MR) is 121 cm³/mol. The number of nitrogens with zero attached hydrogens (tertiary/aromatic N) is 2. The number of anilines is 1. The number of hydrogen-bond donors (Lipinski definition) is 4. The van der Waals surface area contributed by atoms with Gasteiger partial charge in [0, 0.05) is 17.1 Å². The lowest BCUT2D eigenvalue weighted by molar-refractivity contribution is -0.144. The number of ketones is 1. The van der Waals surface area contributed by atoms with Crippen LogP contribution in [0.3, 0.4) is 0 Å². The van der Waals surface area contributed by atoms with Crippen LogP contribution in [-0.4, -0.2) is 32.6 Å². The van der Waals surface area contributed by atoms with Gasteiger partial charge in [-0.3, -0.25) is 10.5 Å². The third-order valence-corrected chi connectivity index (χ3v) is 5.08. The van der Waals surface area contributed by atoms with Gasteiger partial charge in [-0.05, 0) is 54.1 Å². The maximum Gasteiger partial charge on any atom is 0.360 e. The molecule has 0 aliphatic carbocycles. The van der Waals surface area contributed by atoms with E-state index in [1.54, 1.807) is 65.4 Å². The van der Waals surface area contributed by atoms with E-state index in [0.29, 0.717) is 33.7 Å². The Kier molecular flexibility index (Phi) is 5.94. The van der Waals surface area contributed by atoms with Gasteiger partial charge in [-0.15, -0.1) is 0 Å². The first-order chi connectivity index (χ1) is 15.9. The number of nitrogens with two attached hydrogens (primary N) is 3. The highest BCUT2D eigenvalue weighted by Crippen LogP contribution is 2.30. The number of aliphatic carboxylic acids is 1. The van der Waals surface area contributed by atoms with E-state index < -0.39 is 12.2 Å². The Hall–Kier alpha value is -4.41. The zero-order chi connectivity index (χ0) is 23.5. The summed E-state index contributed by atoms with van der Waals surface area (Å²) in [5.74, 6) is 4.58. The van der Waals surface area contributed by atoms with E-state index in [1.807, 2.05) is 6.07 Å². The molecule has 0 aliphatic heterocycles. The molecule has 1 atom stereocenters. The third-order valence-electron chi connectivity index (χ3n) is 5.08. The van der Waals surface area contributed by atoms with Crippen molar-refractivity contribution in [1.29, 1.82) is 0 Å². The summed E-state index contributed by atoms with van der Waals surface area (Å²) in [7, 11) is 0. The minimum Gasteiger partial charge on any atom is -0.477 e. The highest BCUT2D eigenvalue weighted by Gasteiger charge is 2.23. The van der Waals surface area contributed by atoms with Crippen LogP contribution in [0.1, 0.15) is 21.5 Å². The lowest BCUT2D eigenvalue weighted by atomic mass is 10.0. The van der Waals surface area contributed by atoms with Gasteiger partial charge >= 0.3 is 5.97 Å². The van der Waals surface area contributed by atoms with E-state index in [1.165, 1.54) is 0 Å². The van der Waals surface area contributed by atoms with Gasteiger partial charge in [0.25, 0.3) is 0 Å². The van der Waals surface area contributed by atoms with Gasteiger partial charge in [-0.25, -0.2) is 9.78 Å². The fourth-order valence-electron chi connectivity index (χ4n) is 3.52. The Balaban J connectivity index is 1.72. The van der Waals surface area contributed by atoms with Crippen LogP contribution in [0, 0.1) is 0 Å². The number of carbonyl (C=O) groups excluding carboxylic acids is 1. The third kappa shape index (κ3) is 4.33. The molecule has 10 heteroatoms. The van der Waals surface area contributed by atoms with Crippen LogP contribution in [0.5, 0.6) is 11.5 Å². The number of pyridine rings is 1. The number of fused-ring (bicyclic) bond motifs is 1. The van der Waals surface area contributed by atoms with Gasteiger partial charge in [0.15, 0.2) is 5.78 Å². The molecule has 0 amide bonds. The maximum atomic E-state index is 13.3. The summed E-state index contributed by atoms with van der Waals surface area (Å²) in [4.78, 5) is 33.4. The number of benzene rings is 2. The Labute approximate surface area is 188 Å². The molecule has 10 nitrogen and oxygen atoms in total. The molecule has 2 aromatic heterocycles. The average Bonchev–Trinajstić information content (AvgIpc) is 3.10. The van der Waals surface area contributed by atoms with Crippen molar-refractivity contribution in [2.24, 2.45) is 11.6 Å². The monoisotopic (exact) mass is 447 g/mol.